The second kappa shape index (κ2) is 6.27. The van der Waals surface area contributed by atoms with Crippen LogP contribution in [0.3, 0.4) is 0 Å². The summed E-state index contributed by atoms with van der Waals surface area (Å²) in [5.74, 6) is 0.443. The largest absolute Gasteiger partial charge is 0.488 e. The summed E-state index contributed by atoms with van der Waals surface area (Å²) in [6.07, 6.45) is 4.78. The molecule has 0 bridgehead atoms. The molecule has 1 saturated carbocycles. The molecular weight excluding hydrogens is 376 g/mol. The minimum Gasteiger partial charge on any atom is -0.488 e. The van der Waals surface area contributed by atoms with Crippen molar-refractivity contribution in [3.8, 4) is 5.75 Å². The highest BCUT2D eigenvalue weighted by Crippen LogP contribution is 2.37. The molecule has 0 aromatic heterocycles. The summed E-state index contributed by atoms with van der Waals surface area (Å²) >= 11 is 6.78. The first-order valence-corrected chi connectivity index (χ1v) is 7.95. The van der Waals surface area contributed by atoms with Gasteiger partial charge in [0.2, 0.25) is 0 Å². The van der Waals surface area contributed by atoms with E-state index in [0.29, 0.717) is 20.6 Å². The van der Waals surface area contributed by atoms with Gasteiger partial charge in [0.15, 0.2) is 0 Å². The molecule has 5 heteroatoms. The Hall–Kier alpha value is -0.550. The molecule has 1 N–H and O–H groups in total. The normalized spacial score (nSPS) is 23.1. The van der Waals surface area contributed by atoms with Gasteiger partial charge in [0.1, 0.15) is 5.75 Å². The molecular formula is C14H16Br2O3. The number of rotatable bonds is 3. The number of carboxylic acid groups (broad SMARTS) is 1. The number of halogens is 2. The molecule has 0 aliphatic heterocycles. The monoisotopic (exact) mass is 390 g/mol. The van der Waals surface area contributed by atoms with Gasteiger partial charge in [-0.15, -0.1) is 0 Å². The predicted molar refractivity (Wildman–Crippen MR) is 80.8 cm³/mol. The third-order valence-electron chi connectivity index (χ3n) is 3.42. The number of carboxylic acids is 1. The number of carbonyl (C=O) groups is 1. The van der Waals surface area contributed by atoms with Gasteiger partial charge in [-0.3, -0.25) is 0 Å². The zero-order chi connectivity index (χ0) is 14.0. The molecule has 0 radical (unpaired) electrons. The molecule has 2 atom stereocenters. The summed E-state index contributed by atoms with van der Waals surface area (Å²) in [5.41, 5.74) is 0.239. The number of aromatic carboxylic acids is 1. The fraction of sp³-hybridized carbons (Fsp3) is 0.500. The van der Waals surface area contributed by atoms with Crippen molar-refractivity contribution in [1.82, 2.24) is 0 Å². The summed E-state index contributed by atoms with van der Waals surface area (Å²) in [6.45, 7) is 2.24. The van der Waals surface area contributed by atoms with Crippen LogP contribution in [0, 0.1) is 5.92 Å². The van der Waals surface area contributed by atoms with Gasteiger partial charge < -0.3 is 9.84 Å². The molecule has 1 aliphatic rings. The fourth-order valence-electron chi connectivity index (χ4n) is 2.45. The van der Waals surface area contributed by atoms with Crippen LogP contribution in [0.4, 0.5) is 0 Å². The van der Waals surface area contributed by atoms with Crippen molar-refractivity contribution >= 4 is 37.8 Å². The van der Waals surface area contributed by atoms with E-state index in [0.717, 1.165) is 12.8 Å². The zero-order valence-electron chi connectivity index (χ0n) is 10.7. The number of hydrogen-bond acceptors (Lipinski definition) is 2. The van der Waals surface area contributed by atoms with Crippen LogP contribution >= 0.6 is 31.9 Å². The molecule has 104 valence electrons. The number of benzene rings is 1. The van der Waals surface area contributed by atoms with E-state index in [1.165, 1.54) is 12.8 Å². The third kappa shape index (κ3) is 3.72. The average molecular weight is 392 g/mol. The van der Waals surface area contributed by atoms with E-state index in [2.05, 4.69) is 38.8 Å². The first kappa shape index (κ1) is 14.9. The lowest BCUT2D eigenvalue weighted by Gasteiger charge is -2.28. The van der Waals surface area contributed by atoms with Crippen molar-refractivity contribution in [2.24, 2.45) is 5.92 Å². The highest BCUT2D eigenvalue weighted by Gasteiger charge is 2.22. The first-order chi connectivity index (χ1) is 8.97. The van der Waals surface area contributed by atoms with Gasteiger partial charge in [0.05, 0.1) is 20.6 Å². The maximum absolute atomic E-state index is 11.0. The molecule has 1 aliphatic carbocycles. The standard InChI is InChI=1S/C14H16Br2O3/c1-8-3-2-4-10(5-8)19-13-11(15)6-9(14(17)18)7-12(13)16/h6-8,10H,2-5H2,1H3,(H,17,18). The van der Waals surface area contributed by atoms with Crippen LogP contribution < -0.4 is 4.74 Å². The summed E-state index contributed by atoms with van der Waals surface area (Å²) in [6, 6.07) is 3.16. The van der Waals surface area contributed by atoms with E-state index >= 15 is 0 Å². The lowest BCUT2D eigenvalue weighted by atomic mass is 9.89. The minimum absolute atomic E-state index is 0.215. The summed E-state index contributed by atoms with van der Waals surface area (Å²) in [4.78, 5) is 11.0. The van der Waals surface area contributed by atoms with Gasteiger partial charge in [0.25, 0.3) is 0 Å². The van der Waals surface area contributed by atoms with Gasteiger partial charge in [-0.2, -0.15) is 0 Å². The lowest BCUT2D eigenvalue weighted by Crippen LogP contribution is -2.24. The molecule has 2 unspecified atom stereocenters. The van der Waals surface area contributed by atoms with Crippen LogP contribution in [-0.2, 0) is 0 Å². The smallest absolute Gasteiger partial charge is 0.335 e. The quantitative estimate of drug-likeness (QED) is 0.799. The molecule has 0 heterocycles. The second-order valence-corrected chi connectivity index (χ2v) is 6.79. The molecule has 1 aromatic rings. The second-order valence-electron chi connectivity index (χ2n) is 5.09. The van der Waals surface area contributed by atoms with E-state index < -0.39 is 5.97 Å². The van der Waals surface area contributed by atoms with E-state index in [1.54, 1.807) is 12.1 Å². The Morgan fingerprint density at radius 2 is 1.95 bits per heavy atom. The third-order valence-corrected chi connectivity index (χ3v) is 4.60. The van der Waals surface area contributed by atoms with E-state index in [9.17, 15) is 4.79 Å². The van der Waals surface area contributed by atoms with Crippen LogP contribution in [0.2, 0.25) is 0 Å². The van der Waals surface area contributed by atoms with E-state index in [-0.39, 0.29) is 11.7 Å². The highest BCUT2D eigenvalue weighted by atomic mass is 79.9. The zero-order valence-corrected chi connectivity index (χ0v) is 13.8. The van der Waals surface area contributed by atoms with Crippen LogP contribution in [0.15, 0.2) is 21.1 Å². The Labute approximate surface area is 129 Å². The molecule has 3 nitrogen and oxygen atoms in total. The molecule has 0 saturated heterocycles. The van der Waals surface area contributed by atoms with Crippen LogP contribution in [-0.4, -0.2) is 17.2 Å². The van der Waals surface area contributed by atoms with E-state index in [1.807, 2.05) is 0 Å². The van der Waals surface area contributed by atoms with Gasteiger partial charge in [0, 0.05) is 0 Å². The Morgan fingerprint density at radius 1 is 1.32 bits per heavy atom. The number of hydrogen-bond donors (Lipinski definition) is 1. The fourth-order valence-corrected chi connectivity index (χ4v) is 3.82. The van der Waals surface area contributed by atoms with Crippen molar-refractivity contribution in [2.45, 2.75) is 38.7 Å². The Balaban J connectivity index is 2.18. The Kier molecular flexibility index (Phi) is 4.90. The summed E-state index contributed by atoms with van der Waals surface area (Å²) in [5, 5.41) is 9.00. The van der Waals surface area contributed by atoms with Crippen molar-refractivity contribution in [1.29, 1.82) is 0 Å². The van der Waals surface area contributed by atoms with Crippen LogP contribution in [0.1, 0.15) is 43.0 Å². The molecule has 2 rings (SSSR count). The van der Waals surface area contributed by atoms with Crippen molar-refractivity contribution < 1.29 is 14.6 Å². The summed E-state index contributed by atoms with van der Waals surface area (Å²) in [7, 11) is 0. The van der Waals surface area contributed by atoms with Crippen LogP contribution in [0.5, 0.6) is 5.75 Å². The maximum Gasteiger partial charge on any atom is 0.335 e. The Bertz CT molecular complexity index is 465. The van der Waals surface area contributed by atoms with Gasteiger partial charge in [-0.05, 0) is 69.2 Å². The average Bonchev–Trinajstić information content (AvgIpc) is 2.33. The lowest BCUT2D eigenvalue weighted by molar-refractivity contribution is 0.0696. The maximum atomic E-state index is 11.0. The van der Waals surface area contributed by atoms with Gasteiger partial charge in [-0.25, -0.2) is 4.79 Å². The molecule has 1 fully saturated rings. The molecule has 1 aromatic carbocycles. The van der Waals surface area contributed by atoms with E-state index in [4.69, 9.17) is 9.84 Å². The topological polar surface area (TPSA) is 46.5 Å². The van der Waals surface area contributed by atoms with Gasteiger partial charge >= 0.3 is 5.97 Å². The number of ether oxygens (including phenoxy) is 1. The minimum atomic E-state index is -0.945. The first-order valence-electron chi connectivity index (χ1n) is 6.36. The summed E-state index contributed by atoms with van der Waals surface area (Å²) < 4.78 is 7.39. The SMILES string of the molecule is CC1CCCC(Oc2c(Br)cc(C(=O)O)cc2Br)C1. The molecule has 0 amide bonds. The Morgan fingerprint density at radius 3 is 2.47 bits per heavy atom. The predicted octanol–water partition coefficient (Wildman–Crippen LogP) is 4.87. The van der Waals surface area contributed by atoms with Crippen molar-refractivity contribution in [3.05, 3.63) is 26.6 Å². The highest BCUT2D eigenvalue weighted by molar-refractivity contribution is 9.11. The van der Waals surface area contributed by atoms with Crippen molar-refractivity contribution in [2.75, 3.05) is 0 Å². The van der Waals surface area contributed by atoms with Crippen molar-refractivity contribution in [3.63, 3.8) is 0 Å². The molecule has 0 spiro atoms. The molecule has 19 heavy (non-hydrogen) atoms. The van der Waals surface area contributed by atoms with Crippen LogP contribution in [0.25, 0.3) is 0 Å². The van der Waals surface area contributed by atoms with Gasteiger partial charge in [-0.1, -0.05) is 13.3 Å².